The van der Waals surface area contributed by atoms with Crippen molar-refractivity contribution in [3.8, 4) is 17.2 Å². The molecule has 1 amide bonds. The second-order valence-corrected chi connectivity index (χ2v) is 11.2. The molecule has 1 N–H and O–H groups in total. The lowest BCUT2D eigenvalue weighted by atomic mass is 9.61. The Morgan fingerprint density at radius 3 is 2.74 bits per heavy atom. The molecule has 2 fully saturated rings. The van der Waals surface area contributed by atoms with Crippen molar-refractivity contribution in [1.29, 1.82) is 0 Å². The first-order chi connectivity index (χ1) is 18.4. The van der Waals surface area contributed by atoms with Gasteiger partial charge in [-0.3, -0.25) is 9.78 Å². The van der Waals surface area contributed by atoms with Gasteiger partial charge in [0.15, 0.2) is 11.6 Å². The fourth-order valence-electron chi connectivity index (χ4n) is 5.82. The van der Waals surface area contributed by atoms with Gasteiger partial charge in [-0.25, -0.2) is 9.97 Å². The van der Waals surface area contributed by atoms with Crippen LogP contribution in [-0.4, -0.2) is 64.6 Å². The SMILES string of the molecule is CC(C)NC(=O)c1ccccc1Oc1cncnc1N1CC2(CC(Oc3ccnc4c3CN(C)CC4)C2)C1. The van der Waals surface area contributed by atoms with Crippen molar-refractivity contribution >= 4 is 11.7 Å². The zero-order chi connectivity index (χ0) is 26.3. The number of hydrogen-bond donors (Lipinski definition) is 1. The molecule has 9 nitrogen and oxygen atoms in total. The van der Waals surface area contributed by atoms with Gasteiger partial charge in [0, 0.05) is 61.5 Å². The molecule has 1 aliphatic carbocycles. The molecule has 38 heavy (non-hydrogen) atoms. The van der Waals surface area contributed by atoms with Crippen LogP contribution in [0.25, 0.3) is 0 Å². The summed E-state index contributed by atoms with van der Waals surface area (Å²) in [5.74, 6) is 2.61. The highest BCUT2D eigenvalue weighted by Gasteiger charge is 2.54. The maximum atomic E-state index is 12.7. The fraction of sp³-hybridized carbons (Fsp3) is 0.448. The molecule has 198 valence electrons. The van der Waals surface area contributed by atoms with Crippen molar-refractivity contribution in [3.05, 3.63) is 65.9 Å². The van der Waals surface area contributed by atoms with E-state index in [9.17, 15) is 4.79 Å². The van der Waals surface area contributed by atoms with E-state index in [0.29, 0.717) is 17.1 Å². The van der Waals surface area contributed by atoms with E-state index >= 15 is 0 Å². The second kappa shape index (κ2) is 9.87. The molecule has 6 rings (SSSR count). The highest BCUT2D eigenvalue weighted by molar-refractivity contribution is 5.97. The van der Waals surface area contributed by atoms with E-state index < -0.39 is 0 Å². The number of hydrogen-bond acceptors (Lipinski definition) is 8. The first kappa shape index (κ1) is 24.6. The van der Waals surface area contributed by atoms with Crippen molar-refractivity contribution < 1.29 is 14.3 Å². The number of para-hydroxylation sites is 1. The number of anilines is 1. The molecule has 1 saturated heterocycles. The summed E-state index contributed by atoms with van der Waals surface area (Å²) in [5.41, 5.74) is 3.14. The number of aromatic nitrogens is 3. The van der Waals surface area contributed by atoms with Gasteiger partial charge in [0.25, 0.3) is 5.91 Å². The van der Waals surface area contributed by atoms with Crippen molar-refractivity contribution in [2.45, 2.75) is 51.8 Å². The summed E-state index contributed by atoms with van der Waals surface area (Å²) in [7, 11) is 2.14. The van der Waals surface area contributed by atoms with Crippen LogP contribution in [0.5, 0.6) is 17.2 Å². The largest absolute Gasteiger partial charge is 0.490 e. The number of nitrogens with zero attached hydrogens (tertiary/aromatic N) is 5. The molecule has 4 heterocycles. The third kappa shape index (κ3) is 4.78. The van der Waals surface area contributed by atoms with Gasteiger partial charge in [-0.05, 0) is 51.9 Å². The second-order valence-electron chi connectivity index (χ2n) is 11.2. The number of nitrogens with one attached hydrogen (secondary N) is 1. The van der Waals surface area contributed by atoms with E-state index in [-0.39, 0.29) is 23.5 Å². The van der Waals surface area contributed by atoms with Crippen LogP contribution in [0.2, 0.25) is 0 Å². The lowest BCUT2D eigenvalue weighted by molar-refractivity contribution is -0.0352. The minimum atomic E-state index is -0.167. The highest BCUT2D eigenvalue weighted by Crippen LogP contribution is 2.52. The van der Waals surface area contributed by atoms with Gasteiger partial charge in [0.05, 0.1) is 11.8 Å². The highest BCUT2D eigenvalue weighted by atomic mass is 16.5. The number of amides is 1. The van der Waals surface area contributed by atoms with Crippen molar-refractivity contribution in [2.75, 3.05) is 31.6 Å². The van der Waals surface area contributed by atoms with Crippen LogP contribution in [0.15, 0.2) is 49.1 Å². The van der Waals surface area contributed by atoms with Crippen LogP contribution in [-0.2, 0) is 13.0 Å². The van der Waals surface area contributed by atoms with Gasteiger partial charge in [-0.15, -0.1) is 0 Å². The zero-order valence-corrected chi connectivity index (χ0v) is 22.2. The number of fused-ring (bicyclic) bond motifs is 1. The molecule has 2 aliphatic heterocycles. The summed E-state index contributed by atoms with van der Waals surface area (Å²) in [4.78, 5) is 30.5. The molecule has 1 aromatic carbocycles. The lowest BCUT2D eigenvalue weighted by Gasteiger charge is -2.59. The van der Waals surface area contributed by atoms with Crippen LogP contribution in [0.4, 0.5) is 5.82 Å². The number of rotatable bonds is 7. The average Bonchev–Trinajstić information content (AvgIpc) is 2.85. The van der Waals surface area contributed by atoms with E-state index in [1.807, 2.05) is 38.2 Å². The minimum Gasteiger partial charge on any atom is -0.490 e. The van der Waals surface area contributed by atoms with Gasteiger partial charge < -0.3 is 24.6 Å². The van der Waals surface area contributed by atoms with Gasteiger partial charge in [0.1, 0.15) is 23.9 Å². The Morgan fingerprint density at radius 1 is 1.11 bits per heavy atom. The van der Waals surface area contributed by atoms with E-state index in [1.165, 1.54) is 11.3 Å². The van der Waals surface area contributed by atoms with Crippen LogP contribution in [0.3, 0.4) is 0 Å². The van der Waals surface area contributed by atoms with Crippen LogP contribution in [0, 0.1) is 5.41 Å². The number of ether oxygens (including phenoxy) is 2. The molecule has 9 heteroatoms. The summed E-state index contributed by atoms with van der Waals surface area (Å²) in [6, 6.07) is 9.30. The molecule has 3 aliphatic rings. The fourth-order valence-corrected chi connectivity index (χ4v) is 5.82. The van der Waals surface area contributed by atoms with Crippen molar-refractivity contribution in [1.82, 2.24) is 25.2 Å². The van der Waals surface area contributed by atoms with Crippen molar-refractivity contribution in [3.63, 3.8) is 0 Å². The Kier molecular flexibility index (Phi) is 6.39. The van der Waals surface area contributed by atoms with Gasteiger partial charge in [-0.2, -0.15) is 0 Å². The first-order valence-corrected chi connectivity index (χ1v) is 13.3. The third-order valence-electron chi connectivity index (χ3n) is 7.66. The van der Waals surface area contributed by atoms with Crippen LogP contribution >= 0.6 is 0 Å². The maximum Gasteiger partial charge on any atom is 0.255 e. The topological polar surface area (TPSA) is 92.7 Å². The summed E-state index contributed by atoms with van der Waals surface area (Å²) >= 11 is 0. The molecular weight excluding hydrogens is 480 g/mol. The molecule has 0 radical (unpaired) electrons. The predicted octanol–water partition coefficient (Wildman–Crippen LogP) is 3.84. The molecule has 0 unspecified atom stereocenters. The summed E-state index contributed by atoms with van der Waals surface area (Å²) in [6.07, 6.45) is 8.33. The van der Waals surface area contributed by atoms with Gasteiger partial charge in [0.2, 0.25) is 0 Å². The average molecular weight is 515 g/mol. The standard InChI is InChI=1S/C29H34N6O3/c1-19(2)33-28(36)21-6-4-5-7-24(21)38-26-14-30-18-32-27(26)35-16-29(17-35)12-20(13-29)37-25-8-10-31-23-9-11-34(3)15-22(23)25/h4-8,10,14,18-20H,9,11-13,15-17H2,1-3H3,(H,33,36). The smallest absolute Gasteiger partial charge is 0.255 e. The van der Waals surface area contributed by atoms with Crippen molar-refractivity contribution in [2.24, 2.45) is 5.41 Å². The molecular formula is C29H34N6O3. The molecule has 0 atom stereocenters. The zero-order valence-electron chi connectivity index (χ0n) is 22.2. The van der Waals surface area contributed by atoms with Gasteiger partial charge in [-0.1, -0.05) is 12.1 Å². The van der Waals surface area contributed by atoms with Crippen LogP contribution in [0.1, 0.15) is 48.3 Å². The van der Waals surface area contributed by atoms with E-state index in [4.69, 9.17) is 9.47 Å². The molecule has 3 aromatic rings. The normalized spacial score (nSPS) is 18.5. The third-order valence-corrected chi connectivity index (χ3v) is 7.66. The Hall–Kier alpha value is -3.72. The summed E-state index contributed by atoms with van der Waals surface area (Å²) in [5, 5.41) is 2.93. The number of carbonyl (C=O) groups is 1. The Bertz CT molecular complexity index is 1330. The Labute approximate surface area is 223 Å². The van der Waals surface area contributed by atoms with E-state index in [2.05, 4.69) is 37.1 Å². The van der Waals surface area contributed by atoms with Gasteiger partial charge >= 0.3 is 0 Å². The first-order valence-electron chi connectivity index (χ1n) is 13.3. The minimum absolute atomic E-state index is 0.0315. The number of benzene rings is 1. The Morgan fingerprint density at radius 2 is 1.92 bits per heavy atom. The molecule has 1 spiro atoms. The summed E-state index contributed by atoms with van der Waals surface area (Å²) in [6.45, 7) is 7.59. The van der Waals surface area contributed by atoms with E-state index in [0.717, 1.165) is 57.0 Å². The van der Waals surface area contributed by atoms with Crippen LogP contribution < -0.4 is 19.7 Å². The number of likely N-dealkylation sites (N-methyl/N-ethyl adjacent to an activating group) is 1. The quantitative estimate of drug-likeness (QED) is 0.509. The molecule has 0 bridgehead atoms. The summed E-state index contributed by atoms with van der Waals surface area (Å²) < 4.78 is 12.7. The predicted molar refractivity (Wildman–Crippen MR) is 144 cm³/mol. The Balaban J connectivity index is 1.10. The lowest BCUT2D eigenvalue weighted by Crippen LogP contribution is -2.65. The maximum absolute atomic E-state index is 12.7. The molecule has 2 aromatic heterocycles. The van der Waals surface area contributed by atoms with E-state index in [1.54, 1.807) is 24.7 Å². The number of pyridine rings is 1. The monoisotopic (exact) mass is 514 g/mol. The molecule has 1 saturated carbocycles. The number of carbonyl (C=O) groups excluding carboxylic acids is 1.